The first-order valence-electron chi connectivity index (χ1n) is 9.08. The summed E-state index contributed by atoms with van der Waals surface area (Å²) in [6.07, 6.45) is 3.77. The molecule has 2 aromatic rings. The van der Waals surface area contributed by atoms with Crippen LogP contribution >= 0.6 is 0 Å². The van der Waals surface area contributed by atoms with Gasteiger partial charge in [-0.1, -0.05) is 17.7 Å². The van der Waals surface area contributed by atoms with Crippen LogP contribution in [0.3, 0.4) is 0 Å². The van der Waals surface area contributed by atoms with E-state index in [1.807, 2.05) is 62.0 Å². The highest BCUT2D eigenvalue weighted by atomic mass is 32.2. The summed E-state index contributed by atoms with van der Waals surface area (Å²) in [6, 6.07) is 9.29. The van der Waals surface area contributed by atoms with Crippen molar-refractivity contribution in [2.75, 3.05) is 26.2 Å². The van der Waals surface area contributed by atoms with Crippen molar-refractivity contribution in [1.82, 2.24) is 9.21 Å². The number of rotatable bonds is 4. The molecule has 0 spiro atoms. The Hall–Kier alpha value is -2.25. The van der Waals surface area contributed by atoms with Crippen LogP contribution in [0.2, 0.25) is 0 Å². The van der Waals surface area contributed by atoms with Crippen LogP contribution in [0, 0.1) is 20.8 Å². The Labute approximate surface area is 161 Å². The van der Waals surface area contributed by atoms with Crippen LogP contribution in [-0.4, -0.2) is 49.7 Å². The van der Waals surface area contributed by atoms with Gasteiger partial charge in [-0.15, -0.1) is 0 Å². The average molecular weight is 389 g/mol. The molecule has 27 heavy (non-hydrogen) atoms. The molecule has 144 valence electrons. The molecule has 3 rings (SSSR count). The number of carbonyl (C=O) groups excluding carboxylic acids is 1. The minimum Gasteiger partial charge on any atom is -0.335 e. The van der Waals surface area contributed by atoms with Crippen LogP contribution in [0.25, 0.3) is 0 Å². The van der Waals surface area contributed by atoms with Crippen molar-refractivity contribution in [1.29, 1.82) is 0 Å². The molecule has 0 unspecified atom stereocenters. The highest BCUT2D eigenvalue weighted by Crippen LogP contribution is 2.22. The summed E-state index contributed by atoms with van der Waals surface area (Å²) in [4.78, 5) is 14.6. The van der Waals surface area contributed by atoms with Gasteiger partial charge in [-0.3, -0.25) is 4.79 Å². The van der Waals surface area contributed by atoms with Crippen molar-refractivity contribution in [3.05, 3.63) is 59.4 Å². The lowest BCUT2D eigenvalue weighted by Crippen LogP contribution is -2.53. The van der Waals surface area contributed by atoms with Gasteiger partial charge in [0, 0.05) is 38.3 Å². The number of benzene rings is 1. The predicted octanol–water partition coefficient (Wildman–Crippen LogP) is 1.43. The van der Waals surface area contributed by atoms with Gasteiger partial charge in [-0.05, 0) is 38.0 Å². The predicted molar refractivity (Wildman–Crippen MR) is 103 cm³/mol. The zero-order valence-electron chi connectivity index (χ0n) is 16.1. The van der Waals surface area contributed by atoms with E-state index in [1.54, 1.807) is 11.0 Å². The van der Waals surface area contributed by atoms with E-state index >= 15 is 0 Å². The van der Waals surface area contributed by atoms with E-state index in [0.29, 0.717) is 31.1 Å². The van der Waals surface area contributed by atoms with E-state index in [1.165, 1.54) is 4.31 Å². The topological polar surface area (TPSA) is 61.6 Å². The largest absolute Gasteiger partial charge is 0.335 e. The lowest BCUT2D eigenvalue weighted by molar-refractivity contribution is -0.685. The number of piperazine rings is 1. The van der Waals surface area contributed by atoms with Crippen LogP contribution in [-0.2, 0) is 21.4 Å². The van der Waals surface area contributed by atoms with Crippen LogP contribution in [0.1, 0.15) is 16.7 Å². The first-order valence-corrected chi connectivity index (χ1v) is 10.5. The fourth-order valence-electron chi connectivity index (χ4n) is 3.30. The maximum atomic E-state index is 12.9. The Bertz CT molecular complexity index is 931. The lowest BCUT2D eigenvalue weighted by atomic mass is 10.2. The second kappa shape index (κ2) is 7.78. The Morgan fingerprint density at radius 2 is 1.59 bits per heavy atom. The van der Waals surface area contributed by atoms with Gasteiger partial charge < -0.3 is 4.90 Å². The molecule has 1 amide bonds. The van der Waals surface area contributed by atoms with Crippen molar-refractivity contribution in [3.8, 4) is 0 Å². The first kappa shape index (κ1) is 19.5. The summed E-state index contributed by atoms with van der Waals surface area (Å²) in [5.74, 6) is 0.00687. The summed E-state index contributed by atoms with van der Waals surface area (Å²) in [6.45, 7) is 7.49. The smallest absolute Gasteiger partial charge is 0.288 e. The maximum absolute atomic E-state index is 12.9. The molecule has 1 aromatic carbocycles. The summed E-state index contributed by atoms with van der Waals surface area (Å²) >= 11 is 0. The van der Waals surface area contributed by atoms with Gasteiger partial charge in [0.05, 0.1) is 4.90 Å². The van der Waals surface area contributed by atoms with E-state index in [9.17, 15) is 13.2 Å². The third-order valence-corrected chi connectivity index (χ3v) is 6.97. The summed E-state index contributed by atoms with van der Waals surface area (Å²) < 4.78 is 29.2. The molecule has 1 aliphatic heterocycles. The van der Waals surface area contributed by atoms with Gasteiger partial charge in [0.1, 0.15) is 0 Å². The molecule has 0 bridgehead atoms. The molecular weight excluding hydrogens is 362 g/mol. The number of nitrogens with zero attached hydrogens (tertiary/aromatic N) is 3. The number of amides is 1. The van der Waals surface area contributed by atoms with E-state index in [-0.39, 0.29) is 12.5 Å². The Balaban J connectivity index is 1.64. The Morgan fingerprint density at radius 1 is 0.963 bits per heavy atom. The van der Waals surface area contributed by atoms with Crippen molar-refractivity contribution in [2.24, 2.45) is 0 Å². The summed E-state index contributed by atoms with van der Waals surface area (Å²) in [5.41, 5.74) is 2.93. The number of aromatic nitrogens is 1. The van der Waals surface area contributed by atoms with Crippen molar-refractivity contribution >= 4 is 15.9 Å². The highest BCUT2D eigenvalue weighted by molar-refractivity contribution is 7.89. The van der Waals surface area contributed by atoms with Gasteiger partial charge in [0.2, 0.25) is 16.6 Å². The fraction of sp³-hybridized carbons (Fsp3) is 0.400. The Morgan fingerprint density at radius 3 is 2.19 bits per heavy atom. The second-order valence-electron chi connectivity index (χ2n) is 7.10. The molecule has 0 radical (unpaired) electrons. The van der Waals surface area contributed by atoms with E-state index in [0.717, 1.165) is 16.7 Å². The van der Waals surface area contributed by atoms with Crippen LogP contribution < -0.4 is 4.57 Å². The summed E-state index contributed by atoms with van der Waals surface area (Å²) in [5, 5.41) is 0. The highest BCUT2D eigenvalue weighted by Gasteiger charge is 2.31. The minimum atomic E-state index is -3.53. The van der Waals surface area contributed by atoms with E-state index < -0.39 is 10.0 Å². The SMILES string of the molecule is Cc1cc[n+](CC(=O)N2CCN(S(=O)(=O)c3ccc(C)cc3C)CC2)cc1. The maximum Gasteiger partial charge on any atom is 0.288 e. The van der Waals surface area contributed by atoms with Gasteiger partial charge in [0.15, 0.2) is 12.4 Å². The molecule has 0 N–H and O–H groups in total. The van der Waals surface area contributed by atoms with Gasteiger partial charge in [0.25, 0.3) is 5.91 Å². The molecule has 1 aliphatic rings. The quantitative estimate of drug-likeness (QED) is 0.745. The minimum absolute atomic E-state index is 0.00687. The Kier molecular flexibility index (Phi) is 5.62. The number of hydrogen-bond acceptors (Lipinski definition) is 3. The number of aryl methyl sites for hydroxylation is 3. The van der Waals surface area contributed by atoms with Crippen molar-refractivity contribution in [2.45, 2.75) is 32.2 Å². The fourth-order valence-corrected chi connectivity index (χ4v) is 4.93. The van der Waals surface area contributed by atoms with E-state index in [4.69, 9.17) is 0 Å². The molecule has 1 saturated heterocycles. The zero-order chi connectivity index (χ0) is 19.6. The third kappa shape index (κ3) is 4.36. The van der Waals surface area contributed by atoms with E-state index in [2.05, 4.69) is 0 Å². The van der Waals surface area contributed by atoms with Crippen LogP contribution in [0.5, 0.6) is 0 Å². The normalized spacial score (nSPS) is 15.7. The van der Waals surface area contributed by atoms with Gasteiger partial charge in [-0.25, -0.2) is 8.42 Å². The van der Waals surface area contributed by atoms with Crippen molar-refractivity contribution in [3.63, 3.8) is 0 Å². The van der Waals surface area contributed by atoms with Crippen LogP contribution in [0.15, 0.2) is 47.6 Å². The average Bonchev–Trinajstić information content (AvgIpc) is 2.63. The lowest BCUT2D eigenvalue weighted by Gasteiger charge is -2.33. The van der Waals surface area contributed by atoms with Gasteiger partial charge in [-0.2, -0.15) is 8.87 Å². The molecule has 1 aromatic heterocycles. The molecule has 2 heterocycles. The van der Waals surface area contributed by atoms with Crippen LogP contribution in [0.4, 0.5) is 0 Å². The number of hydrogen-bond donors (Lipinski definition) is 0. The number of pyridine rings is 1. The zero-order valence-corrected chi connectivity index (χ0v) is 16.9. The molecule has 0 atom stereocenters. The molecule has 6 nitrogen and oxygen atoms in total. The second-order valence-corrected chi connectivity index (χ2v) is 9.01. The molecular formula is C20H26N3O3S+. The number of carbonyl (C=O) groups is 1. The standard InChI is InChI=1S/C20H26N3O3S/c1-16-6-8-21(9-7-16)15-20(24)22-10-12-23(13-11-22)27(25,26)19-5-4-17(2)14-18(19)3/h4-9,14H,10-13,15H2,1-3H3/q+1. The first-order chi connectivity index (χ1) is 12.8. The molecule has 0 aliphatic carbocycles. The van der Waals surface area contributed by atoms with Gasteiger partial charge >= 0.3 is 0 Å². The van der Waals surface area contributed by atoms with Crippen molar-refractivity contribution < 1.29 is 17.8 Å². The molecule has 1 fully saturated rings. The summed E-state index contributed by atoms with van der Waals surface area (Å²) in [7, 11) is -3.53. The third-order valence-electron chi connectivity index (χ3n) is 4.92. The molecule has 0 saturated carbocycles. The monoisotopic (exact) mass is 388 g/mol. The number of sulfonamides is 1. The molecule has 7 heteroatoms.